The molecule has 1 heterocycles. The van der Waals surface area contributed by atoms with Gasteiger partial charge < -0.3 is 14.8 Å². The molecular formula is C16H19F3N2O2. The molecule has 1 fully saturated rings. The predicted molar refractivity (Wildman–Crippen MR) is 79.0 cm³/mol. The summed E-state index contributed by atoms with van der Waals surface area (Å²) in [7, 11) is 0. The molecule has 0 bridgehead atoms. The third kappa shape index (κ3) is 3.21. The van der Waals surface area contributed by atoms with Gasteiger partial charge in [-0.3, -0.25) is 0 Å². The molecule has 1 aliphatic rings. The van der Waals surface area contributed by atoms with Gasteiger partial charge >= 0.3 is 6.18 Å². The number of aromatic nitrogens is 1. The SMILES string of the molecule is CC(C)c1nc2cc(CNC3CCC3O)cc(C(F)(F)F)c2o1. The molecule has 2 atom stereocenters. The number of hydrogen-bond acceptors (Lipinski definition) is 4. The highest BCUT2D eigenvalue weighted by atomic mass is 19.4. The molecule has 0 spiro atoms. The van der Waals surface area contributed by atoms with Gasteiger partial charge in [-0.25, -0.2) is 4.98 Å². The van der Waals surface area contributed by atoms with E-state index in [-0.39, 0.29) is 29.6 Å². The largest absolute Gasteiger partial charge is 0.440 e. The molecule has 4 nitrogen and oxygen atoms in total. The molecule has 1 saturated carbocycles. The van der Waals surface area contributed by atoms with Gasteiger partial charge in [0.05, 0.1) is 6.10 Å². The number of fused-ring (bicyclic) bond motifs is 1. The molecule has 2 aromatic rings. The van der Waals surface area contributed by atoms with E-state index in [1.54, 1.807) is 6.07 Å². The highest BCUT2D eigenvalue weighted by Crippen LogP contribution is 2.37. The van der Waals surface area contributed by atoms with Crippen LogP contribution in [0.25, 0.3) is 11.1 Å². The van der Waals surface area contributed by atoms with E-state index < -0.39 is 17.8 Å². The van der Waals surface area contributed by atoms with Crippen molar-refractivity contribution in [3.8, 4) is 0 Å². The van der Waals surface area contributed by atoms with Crippen LogP contribution >= 0.6 is 0 Å². The Balaban J connectivity index is 1.95. The zero-order valence-corrected chi connectivity index (χ0v) is 12.9. The minimum atomic E-state index is -4.50. The highest BCUT2D eigenvalue weighted by Gasteiger charge is 2.36. The van der Waals surface area contributed by atoms with Gasteiger partial charge in [0, 0.05) is 18.5 Å². The van der Waals surface area contributed by atoms with Gasteiger partial charge in [0.15, 0.2) is 11.5 Å². The lowest BCUT2D eigenvalue weighted by Gasteiger charge is -2.33. The average molecular weight is 328 g/mol. The van der Waals surface area contributed by atoms with Crippen molar-refractivity contribution in [1.82, 2.24) is 10.3 Å². The molecular weight excluding hydrogens is 309 g/mol. The number of aliphatic hydroxyl groups excluding tert-OH is 1. The second-order valence-corrected chi connectivity index (χ2v) is 6.33. The molecule has 0 radical (unpaired) electrons. The van der Waals surface area contributed by atoms with Crippen LogP contribution in [0.3, 0.4) is 0 Å². The lowest BCUT2D eigenvalue weighted by molar-refractivity contribution is -0.136. The molecule has 1 aliphatic carbocycles. The number of rotatable bonds is 4. The van der Waals surface area contributed by atoms with Crippen LogP contribution in [-0.4, -0.2) is 22.2 Å². The lowest BCUT2D eigenvalue weighted by atomic mass is 9.89. The fourth-order valence-electron chi connectivity index (χ4n) is 2.64. The van der Waals surface area contributed by atoms with Gasteiger partial charge in [0.25, 0.3) is 0 Å². The molecule has 0 saturated heterocycles. The van der Waals surface area contributed by atoms with Gasteiger partial charge in [-0.1, -0.05) is 13.8 Å². The van der Waals surface area contributed by atoms with E-state index in [0.29, 0.717) is 11.5 Å². The molecule has 1 aromatic heterocycles. The summed E-state index contributed by atoms with van der Waals surface area (Å²) in [6, 6.07) is 2.65. The van der Waals surface area contributed by atoms with E-state index in [0.717, 1.165) is 18.9 Å². The maximum atomic E-state index is 13.3. The van der Waals surface area contributed by atoms with E-state index in [4.69, 9.17) is 4.42 Å². The van der Waals surface area contributed by atoms with E-state index in [1.807, 2.05) is 13.8 Å². The zero-order chi connectivity index (χ0) is 16.8. The van der Waals surface area contributed by atoms with E-state index in [1.165, 1.54) is 0 Å². The van der Waals surface area contributed by atoms with Crippen molar-refractivity contribution in [2.24, 2.45) is 0 Å². The van der Waals surface area contributed by atoms with Gasteiger partial charge in [0.2, 0.25) is 0 Å². The molecule has 2 unspecified atom stereocenters. The normalized spacial score (nSPS) is 21.9. The first-order chi connectivity index (χ1) is 10.8. The van der Waals surface area contributed by atoms with Crippen molar-refractivity contribution in [2.45, 2.75) is 57.5 Å². The number of hydrogen-bond donors (Lipinski definition) is 2. The first-order valence-electron chi connectivity index (χ1n) is 7.67. The highest BCUT2D eigenvalue weighted by molar-refractivity contribution is 5.78. The quantitative estimate of drug-likeness (QED) is 0.901. The van der Waals surface area contributed by atoms with Gasteiger partial charge in [-0.05, 0) is 30.5 Å². The standard InChI is InChI=1S/C16H19F3N2O2/c1-8(2)15-21-12-6-9(7-20-11-3-4-13(11)22)5-10(14(12)23-15)16(17,18)19/h5-6,8,11,13,20,22H,3-4,7H2,1-2H3. The third-order valence-electron chi connectivity index (χ3n) is 4.17. The summed E-state index contributed by atoms with van der Waals surface area (Å²) in [5.41, 5.74) is -0.323. The van der Waals surface area contributed by atoms with Crippen molar-refractivity contribution >= 4 is 11.1 Å². The van der Waals surface area contributed by atoms with Crippen molar-refractivity contribution in [2.75, 3.05) is 0 Å². The number of benzene rings is 1. The van der Waals surface area contributed by atoms with Crippen LogP contribution in [0.1, 0.15) is 49.6 Å². The first kappa shape index (κ1) is 16.3. The number of oxazole rings is 1. The monoisotopic (exact) mass is 328 g/mol. The second-order valence-electron chi connectivity index (χ2n) is 6.33. The van der Waals surface area contributed by atoms with Crippen molar-refractivity contribution in [3.63, 3.8) is 0 Å². The summed E-state index contributed by atoms with van der Waals surface area (Å²) in [4.78, 5) is 4.18. The predicted octanol–water partition coefficient (Wildman–Crippen LogP) is 3.58. The Morgan fingerprint density at radius 3 is 2.61 bits per heavy atom. The molecule has 126 valence electrons. The Kier molecular flexibility index (Phi) is 4.10. The Morgan fingerprint density at radius 1 is 1.35 bits per heavy atom. The summed E-state index contributed by atoms with van der Waals surface area (Å²) in [5.74, 6) is 0.209. The van der Waals surface area contributed by atoms with Crippen LogP contribution in [0.15, 0.2) is 16.5 Å². The third-order valence-corrected chi connectivity index (χ3v) is 4.17. The maximum Gasteiger partial charge on any atom is 0.420 e. The number of alkyl halides is 3. The maximum absolute atomic E-state index is 13.3. The molecule has 0 amide bonds. The van der Waals surface area contributed by atoms with E-state index in [9.17, 15) is 18.3 Å². The van der Waals surface area contributed by atoms with E-state index >= 15 is 0 Å². The average Bonchev–Trinajstić information content (AvgIpc) is 2.88. The first-order valence-corrected chi connectivity index (χ1v) is 7.67. The Hall–Kier alpha value is -1.60. The summed E-state index contributed by atoms with van der Waals surface area (Å²) in [6.45, 7) is 3.89. The number of aliphatic hydroxyl groups is 1. The second kappa shape index (κ2) is 5.79. The molecule has 3 rings (SSSR count). The van der Waals surface area contributed by atoms with Crippen molar-refractivity contribution < 1.29 is 22.7 Å². The van der Waals surface area contributed by atoms with Crippen LogP contribution in [-0.2, 0) is 12.7 Å². The lowest BCUT2D eigenvalue weighted by Crippen LogP contribution is -2.47. The Morgan fingerprint density at radius 2 is 2.09 bits per heavy atom. The number of nitrogens with one attached hydrogen (secondary N) is 1. The molecule has 23 heavy (non-hydrogen) atoms. The number of halogens is 3. The number of nitrogens with zero attached hydrogens (tertiary/aromatic N) is 1. The Bertz CT molecular complexity index is 709. The van der Waals surface area contributed by atoms with Gasteiger partial charge in [0.1, 0.15) is 11.1 Å². The summed E-state index contributed by atoms with van der Waals surface area (Å²) in [5, 5.41) is 12.6. The smallest absolute Gasteiger partial charge is 0.420 e. The minimum Gasteiger partial charge on any atom is -0.440 e. The van der Waals surface area contributed by atoms with Crippen molar-refractivity contribution in [3.05, 3.63) is 29.2 Å². The minimum absolute atomic E-state index is 0.0523. The Labute approximate surface area is 131 Å². The van der Waals surface area contributed by atoms with E-state index in [2.05, 4.69) is 10.3 Å². The van der Waals surface area contributed by atoms with Crippen LogP contribution in [0.2, 0.25) is 0 Å². The summed E-state index contributed by atoms with van der Waals surface area (Å²) in [6.07, 6.45) is -3.36. The molecule has 7 heteroatoms. The van der Waals surface area contributed by atoms with Gasteiger partial charge in [-0.2, -0.15) is 13.2 Å². The summed E-state index contributed by atoms with van der Waals surface area (Å²) >= 11 is 0. The van der Waals surface area contributed by atoms with Crippen molar-refractivity contribution in [1.29, 1.82) is 0 Å². The van der Waals surface area contributed by atoms with Crippen LogP contribution < -0.4 is 5.32 Å². The zero-order valence-electron chi connectivity index (χ0n) is 12.9. The topological polar surface area (TPSA) is 58.3 Å². The fourth-order valence-corrected chi connectivity index (χ4v) is 2.64. The van der Waals surface area contributed by atoms with Gasteiger partial charge in [-0.15, -0.1) is 0 Å². The fraction of sp³-hybridized carbons (Fsp3) is 0.562. The molecule has 1 aromatic carbocycles. The van der Waals surface area contributed by atoms with Crippen LogP contribution in [0.4, 0.5) is 13.2 Å². The molecule has 0 aliphatic heterocycles. The summed E-state index contributed by atoms with van der Waals surface area (Å²) < 4.78 is 45.2. The van der Waals surface area contributed by atoms with Crippen LogP contribution in [0.5, 0.6) is 0 Å². The molecule has 2 N–H and O–H groups in total. The van der Waals surface area contributed by atoms with Crippen LogP contribution in [0, 0.1) is 0 Å².